The highest BCUT2D eigenvalue weighted by Crippen LogP contribution is 2.22. The Hall–Kier alpha value is -2.07. The summed E-state index contributed by atoms with van der Waals surface area (Å²) in [5.41, 5.74) is 0. The molecule has 3 rings (SSSR count). The number of hydrogen-bond donors (Lipinski definition) is 0. The predicted molar refractivity (Wildman–Crippen MR) is 114 cm³/mol. The third-order valence-corrected chi connectivity index (χ3v) is 6.75. The molecule has 1 aromatic heterocycles. The molecule has 0 radical (unpaired) electrons. The van der Waals surface area contributed by atoms with Gasteiger partial charge in [-0.05, 0) is 44.7 Å². The normalized spacial score (nSPS) is 19.2. The summed E-state index contributed by atoms with van der Waals surface area (Å²) in [5.74, 6) is 1.94. The number of hydrogen-bond acceptors (Lipinski definition) is 7. The summed E-state index contributed by atoms with van der Waals surface area (Å²) < 4.78 is 35.9. The van der Waals surface area contributed by atoms with Crippen molar-refractivity contribution in [3.8, 4) is 5.75 Å². The van der Waals surface area contributed by atoms with E-state index in [1.54, 1.807) is 11.1 Å². The van der Waals surface area contributed by atoms with Crippen LogP contribution in [0.25, 0.3) is 0 Å². The number of likely N-dealkylation sites (tertiary alicyclic amines) is 1. The Bertz CT molecular complexity index is 799. The average Bonchev–Trinajstić information content (AvgIpc) is 2.72. The predicted octanol–water partition coefficient (Wildman–Crippen LogP) is 1.80. The molecule has 0 saturated carbocycles. The van der Waals surface area contributed by atoms with Crippen LogP contribution in [0.15, 0.2) is 18.3 Å². The van der Waals surface area contributed by atoms with Crippen molar-refractivity contribution in [2.45, 2.75) is 32.8 Å². The molecule has 1 aromatic rings. The van der Waals surface area contributed by atoms with E-state index in [0.717, 1.165) is 24.4 Å². The minimum Gasteiger partial charge on any atom is -0.492 e. The molecule has 0 aliphatic carbocycles. The highest BCUT2D eigenvalue weighted by atomic mass is 32.2. The SMILES string of the molecule is CC(C)OC(=O)N1CCC(COc2ccc(N3CCN(S(C)(=O)=O)CC3)nc2)CC1. The number of carbonyl (C=O) groups excluding carboxylic acids is 1. The van der Waals surface area contributed by atoms with Gasteiger partial charge < -0.3 is 19.3 Å². The number of nitrogens with zero attached hydrogens (tertiary/aromatic N) is 4. The van der Waals surface area contributed by atoms with Gasteiger partial charge in [-0.15, -0.1) is 0 Å². The molecule has 2 fully saturated rings. The van der Waals surface area contributed by atoms with E-state index in [1.165, 1.54) is 10.6 Å². The van der Waals surface area contributed by atoms with E-state index in [-0.39, 0.29) is 12.2 Å². The number of carbonyl (C=O) groups is 1. The van der Waals surface area contributed by atoms with Gasteiger partial charge in [0.2, 0.25) is 10.0 Å². The van der Waals surface area contributed by atoms with Gasteiger partial charge in [0, 0.05) is 39.3 Å². The van der Waals surface area contributed by atoms with Gasteiger partial charge in [-0.2, -0.15) is 4.31 Å². The second-order valence-corrected chi connectivity index (χ2v) is 10.2. The van der Waals surface area contributed by atoms with E-state index in [1.807, 2.05) is 26.0 Å². The number of aromatic nitrogens is 1. The molecule has 0 bridgehead atoms. The van der Waals surface area contributed by atoms with Crippen LogP contribution in [0.4, 0.5) is 10.6 Å². The molecule has 0 aromatic carbocycles. The number of amides is 1. The topological polar surface area (TPSA) is 92.3 Å². The van der Waals surface area contributed by atoms with E-state index >= 15 is 0 Å². The second-order valence-electron chi connectivity index (χ2n) is 8.18. The van der Waals surface area contributed by atoms with Crippen LogP contribution in [-0.2, 0) is 14.8 Å². The molecule has 2 aliphatic rings. The fraction of sp³-hybridized carbons (Fsp3) is 0.700. The Labute approximate surface area is 179 Å². The number of sulfonamides is 1. The van der Waals surface area contributed by atoms with E-state index in [0.29, 0.717) is 51.8 Å². The molecule has 168 valence electrons. The molecule has 1 amide bonds. The first-order chi connectivity index (χ1) is 14.2. The molecular weight excluding hydrogens is 408 g/mol. The molecule has 0 N–H and O–H groups in total. The molecule has 9 nitrogen and oxygen atoms in total. The van der Waals surface area contributed by atoms with Gasteiger partial charge in [-0.3, -0.25) is 0 Å². The van der Waals surface area contributed by atoms with Crippen molar-refractivity contribution in [3.05, 3.63) is 18.3 Å². The van der Waals surface area contributed by atoms with Gasteiger partial charge in [0.25, 0.3) is 0 Å². The summed E-state index contributed by atoms with van der Waals surface area (Å²) in [6, 6.07) is 3.82. The monoisotopic (exact) mass is 440 g/mol. The Morgan fingerprint density at radius 1 is 1.13 bits per heavy atom. The maximum Gasteiger partial charge on any atom is 0.410 e. The van der Waals surface area contributed by atoms with Crippen molar-refractivity contribution in [2.75, 3.05) is 57.0 Å². The fourth-order valence-electron chi connectivity index (χ4n) is 3.67. The maximum atomic E-state index is 12.0. The van der Waals surface area contributed by atoms with Crippen LogP contribution >= 0.6 is 0 Å². The number of piperidine rings is 1. The zero-order chi connectivity index (χ0) is 21.7. The molecule has 30 heavy (non-hydrogen) atoms. The lowest BCUT2D eigenvalue weighted by Crippen LogP contribution is -2.48. The van der Waals surface area contributed by atoms with Crippen LogP contribution in [0.1, 0.15) is 26.7 Å². The van der Waals surface area contributed by atoms with Crippen molar-refractivity contribution in [1.82, 2.24) is 14.2 Å². The summed E-state index contributed by atoms with van der Waals surface area (Å²) in [6.45, 7) is 7.88. The zero-order valence-electron chi connectivity index (χ0n) is 18.0. The highest BCUT2D eigenvalue weighted by Gasteiger charge is 2.25. The lowest BCUT2D eigenvalue weighted by Gasteiger charge is -2.34. The summed E-state index contributed by atoms with van der Waals surface area (Å²) in [4.78, 5) is 20.3. The first kappa shape index (κ1) is 22.6. The van der Waals surface area contributed by atoms with Crippen LogP contribution < -0.4 is 9.64 Å². The third-order valence-electron chi connectivity index (χ3n) is 5.45. The van der Waals surface area contributed by atoms with Gasteiger partial charge in [-0.1, -0.05) is 0 Å². The Balaban J connectivity index is 1.41. The van der Waals surface area contributed by atoms with Crippen molar-refractivity contribution in [3.63, 3.8) is 0 Å². The maximum absolute atomic E-state index is 12.0. The summed E-state index contributed by atoms with van der Waals surface area (Å²) in [7, 11) is -3.13. The molecule has 0 spiro atoms. The zero-order valence-corrected chi connectivity index (χ0v) is 18.8. The first-order valence-corrected chi connectivity index (χ1v) is 12.3. The van der Waals surface area contributed by atoms with Crippen LogP contribution in [0.5, 0.6) is 5.75 Å². The van der Waals surface area contributed by atoms with Crippen LogP contribution in [0, 0.1) is 5.92 Å². The van der Waals surface area contributed by atoms with Crippen molar-refractivity contribution in [1.29, 1.82) is 0 Å². The molecular formula is C20H32N4O5S. The number of ether oxygens (including phenoxy) is 2. The van der Waals surface area contributed by atoms with E-state index in [2.05, 4.69) is 9.88 Å². The molecule has 3 heterocycles. The van der Waals surface area contributed by atoms with Crippen LogP contribution in [0.2, 0.25) is 0 Å². The molecule has 0 atom stereocenters. The Morgan fingerprint density at radius 3 is 2.33 bits per heavy atom. The summed E-state index contributed by atoms with van der Waals surface area (Å²) in [6.07, 6.45) is 4.41. The van der Waals surface area contributed by atoms with Crippen molar-refractivity contribution in [2.24, 2.45) is 5.92 Å². The van der Waals surface area contributed by atoms with E-state index in [4.69, 9.17) is 9.47 Å². The van der Waals surface area contributed by atoms with Crippen molar-refractivity contribution < 1.29 is 22.7 Å². The van der Waals surface area contributed by atoms with Gasteiger partial charge in [-0.25, -0.2) is 18.2 Å². The number of pyridine rings is 1. The number of anilines is 1. The average molecular weight is 441 g/mol. The van der Waals surface area contributed by atoms with Crippen LogP contribution in [0.3, 0.4) is 0 Å². The van der Waals surface area contributed by atoms with Gasteiger partial charge in [0.15, 0.2) is 0 Å². The largest absolute Gasteiger partial charge is 0.492 e. The Morgan fingerprint density at radius 2 is 1.80 bits per heavy atom. The van der Waals surface area contributed by atoms with Crippen LogP contribution in [-0.4, -0.2) is 86.9 Å². The molecule has 10 heteroatoms. The second kappa shape index (κ2) is 9.82. The van der Waals surface area contributed by atoms with E-state index in [9.17, 15) is 13.2 Å². The highest BCUT2D eigenvalue weighted by molar-refractivity contribution is 7.88. The van der Waals surface area contributed by atoms with Gasteiger partial charge in [0.05, 0.1) is 25.2 Å². The Kier molecular flexibility index (Phi) is 7.41. The molecule has 2 saturated heterocycles. The van der Waals surface area contributed by atoms with E-state index < -0.39 is 10.0 Å². The summed E-state index contributed by atoms with van der Waals surface area (Å²) in [5, 5.41) is 0. The molecule has 2 aliphatic heterocycles. The summed E-state index contributed by atoms with van der Waals surface area (Å²) >= 11 is 0. The number of rotatable bonds is 6. The van der Waals surface area contributed by atoms with Gasteiger partial charge in [0.1, 0.15) is 11.6 Å². The quantitative estimate of drug-likeness (QED) is 0.666. The smallest absolute Gasteiger partial charge is 0.410 e. The fourth-order valence-corrected chi connectivity index (χ4v) is 4.49. The standard InChI is InChI=1S/C20H32N4O5S/c1-16(2)29-20(25)23-8-6-17(7-9-23)15-28-18-4-5-19(21-14-18)22-10-12-24(13-11-22)30(3,26)27/h4-5,14,16-17H,6-13,15H2,1-3H3. The van der Waals surface area contributed by atoms with Gasteiger partial charge >= 0.3 is 6.09 Å². The minimum atomic E-state index is -3.13. The minimum absolute atomic E-state index is 0.0995. The third kappa shape index (κ3) is 6.21. The molecule has 0 unspecified atom stereocenters. The number of piperazine rings is 1. The lowest BCUT2D eigenvalue weighted by atomic mass is 9.98. The van der Waals surface area contributed by atoms with Crippen molar-refractivity contribution >= 4 is 21.9 Å². The first-order valence-electron chi connectivity index (χ1n) is 10.5. The lowest BCUT2D eigenvalue weighted by molar-refractivity contribution is 0.0608.